The van der Waals surface area contributed by atoms with E-state index in [0.29, 0.717) is 97.9 Å². The third-order valence-electron chi connectivity index (χ3n) is 23.8. The number of nitrogen functional groups attached to an aromatic ring is 1. The number of nitrogens with two attached hydrogens (primary N) is 2. The predicted molar refractivity (Wildman–Crippen MR) is 465 cm³/mol. The number of fused-ring (bicyclic) bond motifs is 2. The van der Waals surface area contributed by atoms with Crippen LogP contribution in [0, 0.1) is 48.3 Å². The number of ether oxygens (including phenoxy) is 1. The first-order valence-electron chi connectivity index (χ1n) is 40.9. The number of nitrogens with zero attached hydrogens (tertiary/aromatic N) is 18. The Morgan fingerprint density at radius 1 is 0.504 bits per heavy atom. The topological polar surface area (TPSA) is 391 Å². The average Bonchev–Trinajstić information content (AvgIpc) is 1.70. The van der Waals surface area contributed by atoms with E-state index in [1.165, 1.54) is 76.9 Å². The van der Waals surface area contributed by atoms with Crippen molar-refractivity contribution in [1.29, 1.82) is 5.26 Å². The quantitative estimate of drug-likeness (QED) is 0.0225. The molecule has 30 nitrogen and oxygen atoms in total. The molecule has 9 aliphatic rings. The molecule has 3 aromatic carbocycles. The third kappa shape index (κ3) is 24.0. The monoisotopic (exact) mass is 1850 g/mol. The first-order valence-corrected chi connectivity index (χ1v) is 45.8. The SMILES string of the molecule is CCOC=Nc1cc(Br)cc(N2CCC3(CC2)CC3)c1C#N.Cc1cc(N)nc(N2CCC(F)(F)CC2)n1.Cc1cc(Nc2ncnc3cc(Br)cc(N4CCC5(CC4)CC5)c23)nc(N2CCC(F)(F)CC2)n1.Cc1cc(Nc2ncnc3cc(NS(=O)(=O)CCO)cc(N4CCC5(CC4)CC5)c23)nc(N2CCC(F)(F)CC2)n1.NS(=O)(=O)CCO. The molecule has 121 heavy (non-hydrogen) atoms. The molecule has 3 spiro atoms. The Bertz CT molecular complexity index is 5290. The number of aliphatic hydroxyl groups is 2. The summed E-state index contributed by atoms with van der Waals surface area (Å²) < 4.78 is 135. The number of sulfonamides is 2. The smallest absolute Gasteiger partial charge is 0.251 e. The number of nitriles is 1. The van der Waals surface area contributed by atoms with E-state index in [4.69, 9.17) is 15.6 Å². The minimum absolute atomic E-state index is 0.149. The molecule has 0 unspecified atom stereocenters. The van der Waals surface area contributed by atoms with Crippen molar-refractivity contribution in [2.24, 2.45) is 26.4 Å². The second-order valence-corrected chi connectivity index (χ2v) is 38.3. The summed E-state index contributed by atoms with van der Waals surface area (Å²) in [6, 6.07) is 19.1. The van der Waals surface area contributed by atoms with E-state index in [9.17, 15) is 53.5 Å². The number of alkyl halides is 6. The fraction of sp³-hybridized carbons (Fsp3) is 0.556. The first kappa shape index (κ1) is 89.6. The molecule has 40 heteroatoms. The number of rotatable bonds is 19. The van der Waals surface area contributed by atoms with Gasteiger partial charge in [0.15, 0.2) is 6.40 Å². The van der Waals surface area contributed by atoms with E-state index >= 15 is 0 Å². The number of aliphatic imine (C=N–C) groups is 1. The molecule has 8 aromatic rings. The number of aromatic nitrogens is 10. The van der Waals surface area contributed by atoms with Crippen molar-refractivity contribution < 1.29 is 58.1 Å². The van der Waals surface area contributed by atoms with Crippen molar-refractivity contribution in [2.45, 2.75) is 161 Å². The van der Waals surface area contributed by atoms with E-state index < -0.39 is 56.8 Å². The lowest BCUT2D eigenvalue weighted by Crippen LogP contribution is -2.40. The summed E-state index contributed by atoms with van der Waals surface area (Å²) in [5.41, 5.74) is 15.4. The summed E-state index contributed by atoms with van der Waals surface area (Å²) in [5, 5.41) is 39.5. The number of hydrogen-bond donors (Lipinski definition) is 7. The number of primary sulfonamides is 1. The lowest BCUT2D eigenvalue weighted by molar-refractivity contribution is -0.0229. The summed E-state index contributed by atoms with van der Waals surface area (Å²) in [5.74, 6) is -4.68. The minimum Gasteiger partial charge on any atom is -0.483 e. The maximum atomic E-state index is 13.7. The van der Waals surface area contributed by atoms with Crippen LogP contribution in [0.3, 0.4) is 0 Å². The molecule has 0 atom stereocenters. The Kier molecular flexibility index (Phi) is 27.8. The molecule has 0 bridgehead atoms. The number of hydrogen-bond acceptors (Lipinski definition) is 28. The molecular formula is C81H103Br2F6N23O7S2. The van der Waals surface area contributed by atoms with Crippen molar-refractivity contribution >= 4 is 155 Å². The number of piperidine rings is 6. The molecule has 9 N–H and O–H groups in total. The zero-order chi connectivity index (χ0) is 86.3. The van der Waals surface area contributed by atoms with Crippen LogP contribution >= 0.6 is 31.9 Å². The van der Waals surface area contributed by atoms with Gasteiger partial charge in [0.1, 0.15) is 53.4 Å². The molecule has 652 valence electrons. The molecular weight excluding hydrogens is 1740 g/mol. The van der Waals surface area contributed by atoms with Crippen molar-refractivity contribution in [3.05, 3.63) is 98.8 Å². The lowest BCUT2D eigenvalue weighted by atomic mass is 9.93. The van der Waals surface area contributed by atoms with Crippen LogP contribution in [-0.4, -0.2) is 211 Å². The summed E-state index contributed by atoms with van der Waals surface area (Å²) in [6.45, 7) is 14.2. The lowest BCUT2D eigenvalue weighted by Gasteiger charge is -2.35. The van der Waals surface area contributed by atoms with Crippen molar-refractivity contribution in [1.82, 2.24) is 49.8 Å². The number of aliphatic hydroxyl groups excluding tert-OH is 2. The standard InChI is InChI=1S/C27H34F2N8O3S.C25H28BrF2N7.C17H20BrN3O.C10H14F2N4.C2H7NO3S/c1-18-14-22(34-25(32-18)37-10-6-27(28,29)7-11-37)33-24-23-20(30-17-31-24)15-19(35-41(39,40)13-12-38)16-21(23)36-8-4-26(2-3-26)5-9-36;1-16-12-20(33-23(31-16)35-10-6-25(27,28)7-11-35)32-22-21-18(29-15-30-22)13-17(26)14-19(21)34-8-4-24(2-3-24)5-9-34;1-2-22-12-20-15-9-13(18)10-16(14(15)11-19)21-7-5-17(3-4-17)6-8-21;1-7-6-8(13)15-9(14-7)16-4-2-10(11,12)3-5-16;3-7(5,6)2-1-4/h14-17,35,38H,2-13H2,1H3,(H,30,31,32,33,34);12-15H,2-11H2,1H3,(H,29,30,31,32,33);9-10,12H,2-8H2,1H3;6H,2-5H2,1H3,(H2,13,14,15);4H,1-2H2,(H2,3,5,6). The van der Waals surface area contributed by atoms with Crippen LogP contribution in [0.15, 0.2) is 81.2 Å². The normalized spacial score (nSPS) is 19.6. The van der Waals surface area contributed by atoms with Crippen LogP contribution in [-0.2, 0) is 24.8 Å². The Labute approximate surface area is 717 Å². The van der Waals surface area contributed by atoms with Crippen LogP contribution in [0.5, 0.6) is 0 Å². The van der Waals surface area contributed by atoms with E-state index in [-0.39, 0.29) is 83.5 Å². The summed E-state index contributed by atoms with van der Waals surface area (Å²) >= 11 is 7.20. The Balaban J connectivity index is 0.000000142. The van der Waals surface area contributed by atoms with Crippen molar-refractivity contribution in [2.75, 3.05) is 160 Å². The van der Waals surface area contributed by atoms with Gasteiger partial charge in [-0.15, -0.1) is 0 Å². The summed E-state index contributed by atoms with van der Waals surface area (Å²) in [6.07, 6.45) is 18.3. The second-order valence-electron chi connectivity index (χ2n) is 32.9. The molecule has 3 saturated carbocycles. The number of halogens is 8. The van der Waals surface area contributed by atoms with E-state index in [1.54, 1.807) is 47.3 Å². The van der Waals surface area contributed by atoms with Gasteiger partial charge in [0.05, 0.1) is 81.6 Å². The highest BCUT2D eigenvalue weighted by Crippen LogP contribution is 2.57. The van der Waals surface area contributed by atoms with Gasteiger partial charge in [0.25, 0.3) is 17.8 Å². The van der Waals surface area contributed by atoms with E-state index in [1.807, 2.05) is 49.9 Å². The van der Waals surface area contributed by atoms with Crippen LogP contribution in [0.1, 0.15) is 145 Å². The number of nitrogens with one attached hydrogen (secondary N) is 3. The highest BCUT2D eigenvalue weighted by Gasteiger charge is 2.48. The molecule has 6 aliphatic heterocycles. The molecule has 0 radical (unpaired) electrons. The maximum absolute atomic E-state index is 13.7. The van der Waals surface area contributed by atoms with Crippen molar-refractivity contribution in [3.8, 4) is 6.07 Å². The largest absolute Gasteiger partial charge is 0.483 e. The summed E-state index contributed by atoms with van der Waals surface area (Å²) in [4.78, 5) is 61.3. The van der Waals surface area contributed by atoms with Gasteiger partial charge in [0, 0.05) is 161 Å². The highest BCUT2D eigenvalue weighted by molar-refractivity contribution is 9.10. The fourth-order valence-corrected chi connectivity index (χ4v) is 18.0. The second kappa shape index (κ2) is 37.5. The maximum Gasteiger partial charge on any atom is 0.251 e. The van der Waals surface area contributed by atoms with E-state index in [0.717, 1.165) is 106 Å². The number of anilines is 12. The fourth-order valence-electron chi connectivity index (χ4n) is 16.0. The van der Waals surface area contributed by atoms with Gasteiger partial charge in [-0.05, 0) is 157 Å². The zero-order valence-corrected chi connectivity index (χ0v) is 73.0. The summed E-state index contributed by atoms with van der Waals surface area (Å²) in [7, 11) is -7.17. The predicted octanol–water partition coefficient (Wildman–Crippen LogP) is 13.9. The zero-order valence-electron chi connectivity index (χ0n) is 68.2. The number of benzene rings is 3. The average molecular weight is 1850 g/mol. The van der Waals surface area contributed by atoms with E-state index in [2.05, 4.69) is 134 Å². The molecule has 6 saturated heterocycles. The molecule has 11 heterocycles. The highest BCUT2D eigenvalue weighted by atomic mass is 79.9. The van der Waals surface area contributed by atoms with Crippen LogP contribution in [0.4, 0.5) is 102 Å². The Morgan fingerprint density at radius 3 is 1.27 bits per heavy atom. The van der Waals surface area contributed by atoms with Gasteiger partial charge in [-0.25, -0.2) is 88.2 Å². The molecule has 9 fully saturated rings. The molecule has 0 amide bonds. The van der Waals surface area contributed by atoms with Crippen LogP contribution in [0.2, 0.25) is 0 Å². The van der Waals surface area contributed by atoms with Crippen LogP contribution < -0.4 is 55.6 Å². The van der Waals surface area contributed by atoms with Crippen molar-refractivity contribution in [3.63, 3.8) is 0 Å². The Morgan fingerprint density at radius 2 is 0.884 bits per heavy atom. The van der Waals surface area contributed by atoms with Gasteiger partial charge in [-0.2, -0.15) is 20.2 Å². The molecule has 3 aliphatic carbocycles. The van der Waals surface area contributed by atoms with Gasteiger partial charge >= 0.3 is 0 Å². The Hall–Kier alpha value is -9.14. The first-order chi connectivity index (χ1) is 57.5. The van der Waals surface area contributed by atoms with Gasteiger partial charge < -0.3 is 60.7 Å². The van der Waals surface area contributed by atoms with Gasteiger partial charge in [-0.3, -0.25) is 4.72 Å². The molecule has 5 aromatic heterocycles. The van der Waals surface area contributed by atoms with Gasteiger partial charge in [0.2, 0.25) is 37.9 Å². The third-order valence-corrected chi connectivity index (χ3v) is 26.7. The molecule has 17 rings (SSSR count). The minimum atomic E-state index is -3.74. The number of aryl methyl sites for hydroxylation is 3. The van der Waals surface area contributed by atoms with Gasteiger partial charge in [-0.1, -0.05) is 31.9 Å². The van der Waals surface area contributed by atoms with Crippen LogP contribution in [0.25, 0.3) is 21.8 Å².